The number of unbranched alkanes of at least 4 members (excludes halogenated alkanes) is 2. The number of nitriles is 1. The number of hydrogen-bond donors (Lipinski definition) is 0. The van der Waals surface area contributed by atoms with Crippen molar-refractivity contribution in [1.82, 2.24) is 9.80 Å². The van der Waals surface area contributed by atoms with E-state index in [1.54, 1.807) is 41.3 Å². The smallest absolute Gasteiger partial charge is 0.261 e. The molecule has 0 fully saturated rings. The van der Waals surface area contributed by atoms with Crippen LogP contribution in [0.1, 0.15) is 102 Å². The molecule has 0 aliphatic carbocycles. The lowest BCUT2D eigenvalue weighted by molar-refractivity contribution is -0.124. The number of fused-ring (bicyclic) bond motifs is 1. The van der Waals surface area contributed by atoms with E-state index in [4.69, 9.17) is 8.83 Å². The largest absolute Gasteiger partial charge is 0.454 e. The molecule has 41 heavy (non-hydrogen) atoms. The number of carbonyl (C=O) groups is 2. The first-order chi connectivity index (χ1) is 19.9. The quantitative estimate of drug-likeness (QED) is 0.218. The molecule has 8 heteroatoms. The summed E-state index contributed by atoms with van der Waals surface area (Å²) in [6.45, 7) is 9.56. The van der Waals surface area contributed by atoms with E-state index in [-0.39, 0.29) is 29.4 Å². The summed E-state index contributed by atoms with van der Waals surface area (Å²) in [6, 6.07) is 8.91. The third-order valence-electron chi connectivity index (χ3n) is 8.22. The summed E-state index contributed by atoms with van der Waals surface area (Å²) >= 11 is 0. The van der Waals surface area contributed by atoms with Crippen LogP contribution >= 0.6 is 0 Å². The molecular weight excluding hydrogens is 516 g/mol. The van der Waals surface area contributed by atoms with Crippen molar-refractivity contribution in [1.29, 1.82) is 5.26 Å². The second-order valence-corrected chi connectivity index (χ2v) is 11.0. The van der Waals surface area contributed by atoms with Gasteiger partial charge in [-0.15, -0.1) is 0 Å². The van der Waals surface area contributed by atoms with Crippen molar-refractivity contribution in [2.75, 3.05) is 20.1 Å². The van der Waals surface area contributed by atoms with E-state index in [2.05, 4.69) is 32.7 Å². The van der Waals surface area contributed by atoms with Crippen LogP contribution in [0.4, 0.5) is 0 Å². The minimum atomic E-state index is -0.227. The fourth-order valence-corrected chi connectivity index (χ4v) is 5.81. The van der Waals surface area contributed by atoms with Crippen LogP contribution in [0.2, 0.25) is 0 Å². The van der Waals surface area contributed by atoms with Crippen LogP contribution < -0.4 is 0 Å². The molecule has 0 N–H and O–H groups in total. The Labute approximate surface area is 243 Å². The Morgan fingerprint density at radius 2 is 1.34 bits per heavy atom. The molecule has 0 bridgehead atoms. The van der Waals surface area contributed by atoms with Crippen LogP contribution in [0.5, 0.6) is 0 Å². The van der Waals surface area contributed by atoms with Crippen LogP contribution in [-0.2, 0) is 9.59 Å². The van der Waals surface area contributed by atoms with Gasteiger partial charge in [0, 0.05) is 20.1 Å². The molecule has 2 aromatic rings. The first-order valence-corrected chi connectivity index (χ1v) is 15.1. The molecule has 2 atom stereocenters. The van der Waals surface area contributed by atoms with Crippen LogP contribution in [0.3, 0.4) is 0 Å². The Bertz CT molecular complexity index is 1390. The van der Waals surface area contributed by atoms with Gasteiger partial charge >= 0.3 is 0 Å². The van der Waals surface area contributed by atoms with E-state index in [9.17, 15) is 14.9 Å². The minimum Gasteiger partial charge on any atom is -0.454 e. The van der Waals surface area contributed by atoms with Crippen LogP contribution in [0.15, 0.2) is 49.2 Å². The van der Waals surface area contributed by atoms with E-state index in [1.807, 2.05) is 12.1 Å². The zero-order valence-electron chi connectivity index (χ0n) is 25.0. The fraction of sp³-hybridized carbons (Fsp3) is 0.515. The molecule has 2 aromatic heterocycles. The van der Waals surface area contributed by atoms with Gasteiger partial charge < -0.3 is 18.6 Å². The third-order valence-corrected chi connectivity index (χ3v) is 8.22. The first-order valence-electron chi connectivity index (χ1n) is 15.1. The lowest BCUT2D eigenvalue weighted by atomic mass is 9.98. The summed E-state index contributed by atoms with van der Waals surface area (Å²) in [6.07, 6.45) is 9.72. The lowest BCUT2D eigenvalue weighted by Gasteiger charge is -2.28. The highest BCUT2D eigenvalue weighted by atomic mass is 16.3. The predicted molar refractivity (Wildman–Crippen MR) is 160 cm³/mol. The molecule has 0 saturated heterocycles. The maximum Gasteiger partial charge on any atom is 0.261 e. The summed E-state index contributed by atoms with van der Waals surface area (Å²) in [7, 11) is 1.67. The normalized spacial score (nSPS) is 16.9. The summed E-state index contributed by atoms with van der Waals surface area (Å²) in [5.74, 6) is 1.61. The molecule has 0 aromatic carbocycles. The van der Waals surface area contributed by atoms with E-state index < -0.39 is 0 Å². The number of furan rings is 2. The highest BCUT2D eigenvalue weighted by molar-refractivity contribution is 6.29. The Morgan fingerprint density at radius 1 is 0.829 bits per heavy atom. The van der Waals surface area contributed by atoms with Gasteiger partial charge in [-0.05, 0) is 48.9 Å². The van der Waals surface area contributed by atoms with Gasteiger partial charge in [-0.3, -0.25) is 14.6 Å². The van der Waals surface area contributed by atoms with Crippen molar-refractivity contribution < 1.29 is 18.4 Å². The average Bonchev–Trinajstić information content (AvgIpc) is 3.75. The van der Waals surface area contributed by atoms with Gasteiger partial charge in [0.15, 0.2) is 11.5 Å². The van der Waals surface area contributed by atoms with Crippen molar-refractivity contribution in [3.8, 4) is 6.07 Å². The molecule has 8 nitrogen and oxygen atoms in total. The van der Waals surface area contributed by atoms with Gasteiger partial charge in [0.2, 0.25) is 5.76 Å². The van der Waals surface area contributed by atoms with Gasteiger partial charge in [-0.25, -0.2) is 0 Å². The molecule has 0 radical (unpaired) electrons. The van der Waals surface area contributed by atoms with Gasteiger partial charge in [-0.2, -0.15) is 5.26 Å². The van der Waals surface area contributed by atoms with E-state index in [0.717, 1.165) is 51.4 Å². The summed E-state index contributed by atoms with van der Waals surface area (Å²) in [5, 5.41) is 9.46. The zero-order chi connectivity index (χ0) is 29.5. The van der Waals surface area contributed by atoms with Crippen molar-refractivity contribution >= 4 is 29.4 Å². The van der Waals surface area contributed by atoms with Crippen LogP contribution in [0.25, 0.3) is 11.4 Å². The molecule has 0 spiro atoms. The number of aliphatic imine (C=N–C) groups is 1. The monoisotopic (exact) mass is 558 g/mol. The minimum absolute atomic E-state index is 0.138. The average molecular weight is 559 g/mol. The van der Waals surface area contributed by atoms with E-state index >= 15 is 0 Å². The molecule has 4 heterocycles. The highest BCUT2D eigenvalue weighted by Gasteiger charge is 2.50. The molecular formula is C33H42N4O4. The number of carbonyl (C=O) groups excluding carboxylic acids is 2. The van der Waals surface area contributed by atoms with Crippen molar-refractivity contribution in [2.45, 2.75) is 79.1 Å². The molecule has 2 unspecified atom stereocenters. The topological polar surface area (TPSA) is 103 Å². The zero-order valence-corrected chi connectivity index (χ0v) is 25.0. The molecule has 4 rings (SSSR count). The highest BCUT2D eigenvalue weighted by Crippen LogP contribution is 2.48. The van der Waals surface area contributed by atoms with Gasteiger partial charge in [-0.1, -0.05) is 66.2 Å². The standard InChI is InChI=1S/C33H42N4O4/c1-6-10-12-22(8-3)20-36-30(26-16-14-24(18-34)40-26)28-29(33(36)39)31(27-17-15-25(41-27)19-35-5)37(32(28)38)21-23(9-4)13-11-7-2/h14-17,19,22-23H,6-13,20-21H2,1-5H3. The van der Waals surface area contributed by atoms with Gasteiger partial charge in [0.25, 0.3) is 11.8 Å². The summed E-state index contributed by atoms with van der Waals surface area (Å²) in [5.41, 5.74) is 1.65. The van der Waals surface area contributed by atoms with Gasteiger partial charge in [0.05, 0.1) is 17.4 Å². The molecule has 0 saturated carbocycles. The fourth-order valence-electron chi connectivity index (χ4n) is 5.81. The Morgan fingerprint density at radius 3 is 1.78 bits per heavy atom. The Hall–Kier alpha value is -3.86. The maximum absolute atomic E-state index is 14.4. The van der Waals surface area contributed by atoms with E-state index in [0.29, 0.717) is 52.9 Å². The number of amides is 2. The summed E-state index contributed by atoms with van der Waals surface area (Å²) < 4.78 is 12.0. The first kappa shape index (κ1) is 30.1. The molecule has 2 aliphatic rings. The molecule has 218 valence electrons. The van der Waals surface area contributed by atoms with Crippen LogP contribution in [0, 0.1) is 23.2 Å². The summed E-state index contributed by atoms with van der Waals surface area (Å²) in [4.78, 5) is 36.3. The van der Waals surface area contributed by atoms with Crippen molar-refractivity contribution in [3.05, 3.63) is 58.5 Å². The van der Waals surface area contributed by atoms with E-state index in [1.165, 1.54) is 0 Å². The third kappa shape index (κ3) is 6.09. The maximum atomic E-state index is 14.4. The predicted octanol–water partition coefficient (Wildman–Crippen LogP) is 7.03. The second kappa shape index (κ2) is 13.7. The van der Waals surface area contributed by atoms with Gasteiger partial charge in [0.1, 0.15) is 23.2 Å². The molecule has 2 amide bonds. The Kier molecular flexibility index (Phi) is 10.0. The van der Waals surface area contributed by atoms with Crippen molar-refractivity contribution in [2.24, 2.45) is 16.8 Å². The Balaban J connectivity index is 1.90. The molecule has 2 aliphatic heterocycles. The van der Waals surface area contributed by atoms with Crippen LogP contribution in [-0.4, -0.2) is 48.0 Å². The van der Waals surface area contributed by atoms with Crippen molar-refractivity contribution in [3.63, 3.8) is 0 Å². The number of rotatable bonds is 15. The lowest BCUT2D eigenvalue weighted by Crippen LogP contribution is -2.34. The SMILES string of the molecule is CCCCC(CC)CN1C(=O)C2=C(c3ccc(C=NC)o3)N(CC(CC)CCCC)C(=O)C2=C1c1ccc(C#N)o1. The number of hydrogen-bond acceptors (Lipinski definition) is 6. The second-order valence-electron chi connectivity index (χ2n) is 11.0. The number of nitrogens with zero attached hydrogens (tertiary/aromatic N) is 4.